The van der Waals surface area contributed by atoms with Crippen LogP contribution in [0.25, 0.3) is 11.7 Å². The van der Waals surface area contributed by atoms with Gasteiger partial charge in [-0.25, -0.2) is 18.3 Å². The Labute approximate surface area is 149 Å². The summed E-state index contributed by atoms with van der Waals surface area (Å²) in [6.45, 7) is 3.79. The predicted molar refractivity (Wildman–Crippen MR) is 92.5 cm³/mol. The van der Waals surface area contributed by atoms with E-state index in [-0.39, 0.29) is 19.1 Å². The number of aromatic nitrogens is 4. The Hall–Kier alpha value is -2.78. The third-order valence-corrected chi connectivity index (χ3v) is 4.56. The molecule has 8 nitrogen and oxygen atoms in total. The van der Waals surface area contributed by atoms with Crippen LogP contribution in [0.5, 0.6) is 0 Å². The van der Waals surface area contributed by atoms with Gasteiger partial charge in [0.15, 0.2) is 11.5 Å². The summed E-state index contributed by atoms with van der Waals surface area (Å²) in [6, 6.07) is 0. The third kappa shape index (κ3) is 2.95. The van der Waals surface area contributed by atoms with Crippen LogP contribution in [0.15, 0.2) is 17.4 Å². The molecule has 1 unspecified atom stereocenters. The molecule has 4 heterocycles. The summed E-state index contributed by atoms with van der Waals surface area (Å²) in [6.07, 6.45) is 5.01. The lowest BCUT2D eigenvalue weighted by Gasteiger charge is -2.18. The van der Waals surface area contributed by atoms with E-state index in [2.05, 4.69) is 25.5 Å². The van der Waals surface area contributed by atoms with Crippen LogP contribution in [0.4, 0.5) is 8.78 Å². The highest BCUT2D eigenvalue weighted by Gasteiger charge is 2.41. The third-order valence-electron chi connectivity index (χ3n) is 4.56. The van der Waals surface area contributed by atoms with Crippen LogP contribution in [0.3, 0.4) is 0 Å². The Balaban J connectivity index is 1.48. The van der Waals surface area contributed by atoms with E-state index in [1.54, 1.807) is 33.7 Å². The van der Waals surface area contributed by atoms with Crippen LogP contribution in [0.2, 0.25) is 0 Å². The first-order valence-corrected chi connectivity index (χ1v) is 8.40. The van der Waals surface area contributed by atoms with E-state index in [1.165, 1.54) is 0 Å². The van der Waals surface area contributed by atoms with Gasteiger partial charge in [-0.15, -0.1) is 10.2 Å². The van der Waals surface area contributed by atoms with Gasteiger partial charge in [-0.1, -0.05) is 0 Å². The van der Waals surface area contributed by atoms with Crippen molar-refractivity contribution in [1.29, 1.82) is 0 Å². The number of aryl methyl sites for hydroxylation is 2. The Morgan fingerprint density at radius 2 is 2.15 bits per heavy atom. The highest BCUT2D eigenvalue weighted by atomic mass is 19.3. The fourth-order valence-corrected chi connectivity index (χ4v) is 3.07. The summed E-state index contributed by atoms with van der Waals surface area (Å²) in [7, 11) is 1.79. The van der Waals surface area contributed by atoms with E-state index in [1.807, 2.05) is 19.9 Å². The summed E-state index contributed by atoms with van der Waals surface area (Å²) in [4.78, 5) is 10.3. The molecule has 0 aromatic carbocycles. The molecule has 2 aliphatic heterocycles. The van der Waals surface area contributed by atoms with Gasteiger partial charge in [0, 0.05) is 26.2 Å². The smallest absolute Gasteiger partial charge is 0.267 e. The van der Waals surface area contributed by atoms with Crippen LogP contribution in [-0.4, -0.2) is 67.7 Å². The number of rotatable bonds is 2. The lowest BCUT2D eigenvalue weighted by atomic mass is 10.3. The zero-order valence-electron chi connectivity index (χ0n) is 14.8. The van der Waals surface area contributed by atoms with Gasteiger partial charge in [0.1, 0.15) is 6.17 Å². The van der Waals surface area contributed by atoms with Crippen molar-refractivity contribution in [3.8, 4) is 0 Å². The molecule has 1 atom stereocenters. The van der Waals surface area contributed by atoms with E-state index in [9.17, 15) is 8.78 Å². The van der Waals surface area contributed by atoms with E-state index in [0.29, 0.717) is 24.0 Å². The quantitative estimate of drug-likeness (QED) is 0.866. The minimum atomic E-state index is -2.65. The SMILES string of the molecule is Cc1ncc(C)n2nc(/C=C/C3NC(N4CCC(F)(F)C4)=NN3C)nc12. The minimum Gasteiger partial charge on any atom is -0.335 e. The molecule has 0 amide bonds. The predicted octanol–water partition coefficient (Wildman–Crippen LogP) is 1.23. The second kappa shape index (κ2) is 5.89. The maximum absolute atomic E-state index is 13.4. The minimum absolute atomic E-state index is 0.143. The molecule has 1 saturated heterocycles. The average Bonchev–Trinajstić information content (AvgIpc) is 3.26. The second-order valence-corrected chi connectivity index (χ2v) is 6.66. The largest absolute Gasteiger partial charge is 0.335 e. The number of nitrogens with zero attached hydrogens (tertiary/aromatic N) is 7. The molecular formula is C16H20F2N8. The molecule has 0 saturated carbocycles. The maximum atomic E-state index is 13.4. The number of hydrazone groups is 1. The van der Waals surface area contributed by atoms with Crippen molar-refractivity contribution in [2.75, 3.05) is 20.1 Å². The van der Waals surface area contributed by atoms with Gasteiger partial charge in [0.05, 0.1) is 17.9 Å². The molecule has 1 N–H and O–H groups in total. The Morgan fingerprint density at radius 3 is 2.85 bits per heavy atom. The Kier molecular flexibility index (Phi) is 3.78. The number of fused-ring (bicyclic) bond motifs is 1. The van der Waals surface area contributed by atoms with Gasteiger partial charge in [-0.2, -0.15) is 0 Å². The molecule has 2 aromatic rings. The number of nitrogens with one attached hydrogen (secondary N) is 1. The van der Waals surface area contributed by atoms with E-state index in [0.717, 1.165) is 11.4 Å². The van der Waals surface area contributed by atoms with Gasteiger partial charge < -0.3 is 10.2 Å². The standard InChI is InChI=1S/C16H20F2N8/c1-10-8-19-11(2)14-20-12(22-26(10)14)4-5-13-21-15(23-24(13)3)25-7-6-16(17,18)9-25/h4-5,8,13H,6-7,9H2,1-3H3,(H,21,23)/b5-4+. The van der Waals surface area contributed by atoms with Crippen molar-refractivity contribution in [3.05, 3.63) is 29.5 Å². The van der Waals surface area contributed by atoms with Gasteiger partial charge in [-0.05, 0) is 26.0 Å². The molecule has 0 radical (unpaired) electrons. The lowest BCUT2D eigenvalue weighted by Crippen LogP contribution is -2.42. The van der Waals surface area contributed by atoms with E-state index in [4.69, 9.17) is 0 Å². The summed E-state index contributed by atoms with van der Waals surface area (Å²) in [5, 5.41) is 13.6. The lowest BCUT2D eigenvalue weighted by molar-refractivity contribution is 0.0174. The molecular weight excluding hydrogens is 342 g/mol. The van der Waals surface area contributed by atoms with Crippen molar-refractivity contribution in [3.63, 3.8) is 0 Å². The Bertz CT molecular complexity index is 864. The molecule has 2 aliphatic rings. The van der Waals surface area contributed by atoms with Crippen molar-refractivity contribution in [2.45, 2.75) is 32.4 Å². The number of halogens is 2. The van der Waals surface area contributed by atoms with Crippen molar-refractivity contribution >= 4 is 17.7 Å². The normalized spacial score (nSPS) is 22.5. The van der Waals surface area contributed by atoms with Crippen molar-refractivity contribution < 1.29 is 8.78 Å². The summed E-state index contributed by atoms with van der Waals surface area (Å²) < 4.78 is 28.6. The van der Waals surface area contributed by atoms with Gasteiger partial charge in [-0.3, -0.25) is 9.99 Å². The van der Waals surface area contributed by atoms with Crippen molar-refractivity contribution in [1.82, 2.24) is 34.8 Å². The number of alkyl halides is 2. The molecule has 10 heteroatoms. The van der Waals surface area contributed by atoms with Crippen LogP contribution < -0.4 is 5.32 Å². The molecule has 0 aliphatic carbocycles. The highest BCUT2D eigenvalue weighted by Crippen LogP contribution is 2.27. The molecule has 138 valence electrons. The highest BCUT2D eigenvalue weighted by molar-refractivity contribution is 5.82. The number of hydrogen-bond donors (Lipinski definition) is 1. The van der Waals surface area contributed by atoms with Crippen LogP contribution in [-0.2, 0) is 0 Å². The van der Waals surface area contributed by atoms with Gasteiger partial charge in [0.2, 0.25) is 5.96 Å². The monoisotopic (exact) mass is 362 g/mol. The van der Waals surface area contributed by atoms with Gasteiger partial charge in [0.25, 0.3) is 5.92 Å². The zero-order chi connectivity index (χ0) is 18.5. The van der Waals surface area contributed by atoms with Crippen molar-refractivity contribution in [2.24, 2.45) is 5.10 Å². The second-order valence-electron chi connectivity index (χ2n) is 6.66. The molecule has 0 bridgehead atoms. The van der Waals surface area contributed by atoms with E-state index < -0.39 is 5.92 Å². The van der Waals surface area contributed by atoms with Gasteiger partial charge >= 0.3 is 0 Å². The Morgan fingerprint density at radius 1 is 1.35 bits per heavy atom. The van der Waals surface area contributed by atoms with Crippen LogP contribution in [0.1, 0.15) is 23.6 Å². The number of hydrogen-bond acceptors (Lipinski definition) is 7. The summed E-state index contributed by atoms with van der Waals surface area (Å²) >= 11 is 0. The first-order valence-electron chi connectivity index (χ1n) is 8.40. The number of likely N-dealkylation sites (N-methyl/N-ethyl adjacent to an activating group) is 1. The molecule has 0 spiro atoms. The van der Waals surface area contributed by atoms with E-state index >= 15 is 0 Å². The maximum Gasteiger partial charge on any atom is 0.267 e. The average molecular weight is 362 g/mol. The topological polar surface area (TPSA) is 74.0 Å². The molecule has 4 rings (SSSR count). The number of likely N-dealkylation sites (tertiary alicyclic amines) is 1. The fraction of sp³-hybridized carbons (Fsp3) is 0.500. The van der Waals surface area contributed by atoms with Crippen LogP contribution >= 0.6 is 0 Å². The molecule has 2 aromatic heterocycles. The number of guanidine groups is 1. The fourth-order valence-electron chi connectivity index (χ4n) is 3.07. The zero-order valence-corrected chi connectivity index (χ0v) is 14.8. The first-order chi connectivity index (χ1) is 12.3. The summed E-state index contributed by atoms with van der Waals surface area (Å²) in [5.41, 5.74) is 2.42. The van der Waals surface area contributed by atoms with Crippen LogP contribution in [0, 0.1) is 13.8 Å². The summed E-state index contributed by atoms with van der Waals surface area (Å²) in [5.74, 6) is -1.63. The molecule has 26 heavy (non-hydrogen) atoms. The first kappa shape index (κ1) is 16.7. The molecule has 1 fully saturated rings.